The van der Waals surface area contributed by atoms with Crippen LogP contribution in [-0.2, 0) is 0 Å². The Morgan fingerprint density at radius 2 is 1.87 bits per heavy atom. The standard InChI is InChI=1S/C10H8BrNO2S/c11-6-1-2-7-8(5-6)10(14)12(3-4-15)9(7)13/h1-2,5,15H,3-4H2. The highest BCUT2D eigenvalue weighted by molar-refractivity contribution is 9.10. The third-order valence-corrected chi connectivity index (χ3v) is 2.95. The first-order chi connectivity index (χ1) is 7.15. The van der Waals surface area contributed by atoms with Gasteiger partial charge >= 0.3 is 0 Å². The van der Waals surface area contributed by atoms with Crippen LogP contribution in [0.5, 0.6) is 0 Å². The van der Waals surface area contributed by atoms with E-state index in [4.69, 9.17) is 0 Å². The first-order valence-corrected chi connectivity index (χ1v) is 5.84. The van der Waals surface area contributed by atoms with E-state index in [2.05, 4.69) is 28.6 Å². The Labute approximate surface area is 101 Å². The maximum absolute atomic E-state index is 11.8. The van der Waals surface area contributed by atoms with Crippen molar-refractivity contribution >= 4 is 40.4 Å². The third-order valence-electron chi connectivity index (χ3n) is 2.26. The molecule has 0 aromatic heterocycles. The van der Waals surface area contributed by atoms with Crippen molar-refractivity contribution in [2.24, 2.45) is 0 Å². The molecule has 1 aromatic rings. The molecule has 1 aromatic carbocycles. The number of fused-ring (bicyclic) bond motifs is 1. The van der Waals surface area contributed by atoms with E-state index in [0.717, 1.165) is 4.47 Å². The first-order valence-electron chi connectivity index (χ1n) is 4.41. The Balaban J connectivity index is 2.46. The Bertz CT molecular complexity index is 447. The van der Waals surface area contributed by atoms with Gasteiger partial charge < -0.3 is 0 Å². The molecule has 0 saturated heterocycles. The van der Waals surface area contributed by atoms with Crippen molar-refractivity contribution < 1.29 is 9.59 Å². The highest BCUT2D eigenvalue weighted by atomic mass is 79.9. The molecular weight excluding hydrogens is 278 g/mol. The summed E-state index contributed by atoms with van der Waals surface area (Å²) in [6.45, 7) is 0.354. The van der Waals surface area contributed by atoms with Crippen LogP contribution in [0.2, 0.25) is 0 Å². The van der Waals surface area contributed by atoms with E-state index in [1.807, 2.05) is 0 Å². The number of rotatable bonds is 2. The summed E-state index contributed by atoms with van der Waals surface area (Å²) in [5, 5.41) is 0. The van der Waals surface area contributed by atoms with Gasteiger partial charge in [0.05, 0.1) is 11.1 Å². The van der Waals surface area contributed by atoms with Gasteiger partial charge in [0.2, 0.25) is 0 Å². The van der Waals surface area contributed by atoms with Crippen molar-refractivity contribution in [3.63, 3.8) is 0 Å². The van der Waals surface area contributed by atoms with Gasteiger partial charge in [-0.25, -0.2) is 0 Å². The van der Waals surface area contributed by atoms with E-state index >= 15 is 0 Å². The molecule has 3 nitrogen and oxygen atoms in total. The molecule has 2 rings (SSSR count). The average molecular weight is 286 g/mol. The zero-order valence-electron chi connectivity index (χ0n) is 7.74. The predicted molar refractivity (Wildman–Crippen MR) is 63.4 cm³/mol. The fourth-order valence-electron chi connectivity index (χ4n) is 1.57. The van der Waals surface area contributed by atoms with Crippen LogP contribution >= 0.6 is 28.6 Å². The van der Waals surface area contributed by atoms with Gasteiger partial charge in [-0.05, 0) is 18.2 Å². The smallest absolute Gasteiger partial charge is 0.261 e. The minimum atomic E-state index is -0.231. The number of amides is 2. The van der Waals surface area contributed by atoms with E-state index in [1.54, 1.807) is 18.2 Å². The number of imide groups is 1. The van der Waals surface area contributed by atoms with Gasteiger partial charge in [-0.2, -0.15) is 12.6 Å². The Kier molecular flexibility index (Phi) is 2.84. The Morgan fingerprint density at radius 3 is 2.53 bits per heavy atom. The molecule has 1 heterocycles. The van der Waals surface area contributed by atoms with Crippen molar-refractivity contribution in [2.75, 3.05) is 12.3 Å². The lowest BCUT2D eigenvalue weighted by atomic mass is 10.1. The fourth-order valence-corrected chi connectivity index (χ4v) is 2.13. The van der Waals surface area contributed by atoms with Crippen molar-refractivity contribution in [3.05, 3.63) is 33.8 Å². The summed E-state index contributed by atoms with van der Waals surface area (Å²) in [5.41, 5.74) is 0.946. The van der Waals surface area contributed by atoms with Crippen molar-refractivity contribution in [1.82, 2.24) is 4.90 Å². The molecular formula is C10H8BrNO2S. The first kappa shape index (κ1) is 10.7. The largest absolute Gasteiger partial charge is 0.274 e. The maximum Gasteiger partial charge on any atom is 0.261 e. The fraction of sp³-hybridized carbons (Fsp3) is 0.200. The van der Waals surface area contributed by atoms with Crippen LogP contribution in [0.15, 0.2) is 22.7 Å². The lowest BCUT2D eigenvalue weighted by molar-refractivity contribution is 0.0664. The summed E-state index contributed by atoms with van der Waals surface area (Å²) < 4.78 is 0.801. The number of carbonyl (C=O) groups is 2. The second-order valence-electron chi connectivity index (χ2n) is 3.18. The summed E-state index contributed by atoms with van der Waals surface area (Å²) in [6.07, 6.45) is 0. The van der Waals surface area contributed by atoms with Gasteiger partial charge in [-0.3, -0.25) is 14.5 Å². The summed E-state index contributed by atoms with van der Waals surface area (Å²) in [5.74, 6) is 0.0222. The molecule has 1 aliphatic heterocycles. The highest BCUT2D eigenvalue weighted by Crippen LogP contribution is 2.25. The lowest BCUT2D eigenvalue weighted by Gasteiger charge is -2.10. The minimum Gasteiger partial charge on any atom is -0.274 e. The van der Waals surface area contributed by atoms with Crippen LogP contribution in [0.1, 0.15) is 20.7 Å². The normalized spacial score (nSPS) is 14.7. The molecule has 78 valence electrons. The van der Waals surface area contributed by atoms with Gasteiger partial charge in [-0.15, -0.1) is 0 Å². The number of hydrogen-bond acceptors (Lipinski definition) is 3. The van der Waals surface area contributed by atoms with Gasteiger partial charge in [-0.1, -0.05) is 15.9 Å². The topological polar surface area (TPSA) is 37.4 Å². The van der Waals surface area contributed by atoms with Gasteiger partial charge in [0.15, 0.2) is 0 Å². The van der Waals surface area contributed by atoms with Crippen molar-refractivity contribution in [1.29, 1.82) is 0 Å². The van der Waals surface area contributed by atoms with Crippen LogP contribution < -0.4 is 0 Å². The molecule has 0 atom stereocenters. The number of benzene rings is 1. The SMILES string of the molecule is O=C1c2ccc(Br)cc2C(=O)N1CCS. The molecule has 1 aliphatic rings. The zero-order valence-corrected chi connectivity index (χ0v) is 10.2. The molecule has 0 aliphatic carbocycles. The van der Waals surface area contributed by atoms with Crippen LogP contribution in [0.4, 0.5) is 0 Å². The molecule has 0 radical (unpaired) electrons. The summed E-state index contributed by atoms with van der Waals surface area (Å²) >= 11 is 7.29. The van der Waals surface area contributed by atoms with Crippen LogP contribution in [0.3, 0.4) is 0 Å². The number of nitrogens with zero attached hydrogens (tertiary/aromatic N) is 1. The van der Waals surface area contributed by atoms with Crippen LogP contribution in [0, 0.1) is 0 Å². The van der Waals surface area contributed by atoms with Crippen LogP contribution in [0.25, 0.3) is 0 Å². The van der Waals surface area contributed by atoms with E-state index in [1.165, 1.54) is 4.90 Å². The van der Waals surface area contributed by atoms with E-state index in [-0.39, 0.29) is 11.8 Å². The molecule has 0 N–H and O–H groups in total. The van der Waals surface area contributed by atoms with E-state index in [0.29, 0.717) is 23.4 Å². The van der Waals surface area contributed by atoms with Gasteiger partial charge in [0, 0.05) is 16.8 Å². The quantitative estimate of drug-likeness (QED) is 0.666. The molecule has 15 heavy (non-hydrogen) atoms. The predicted octanol–water partition coefficient (Wildman–Crippen LogP) is 1.97. The monoisotopic (exact) mass is 285 g/mol. The van der Waals surface area contributed by atoms with Crippen molar-refractivity contribution in [2.45, 2.75) is 0 Å². The Morgan fingerprint density at radius 1 is 1.20 bits per heavy atom. The number of thiol groups is 1. The molecule has 0 spiro atoms. The maximum atomic E-state index is 11.8. The summed E-state index contributed by atoms with van der Waals surface area (Å²) in [4.78, 5) is 24.8. The van der Waals surface area contributed by atoms with Gasteiger partial charge in [0.1, 0.15) is 0 Å². The average Bonchev–Trinajstić information content (AvgIpc) is 2.44. The molecule has 0 saturated carbocycles. The van der Waals surface area contributed by atoms with Gasteiger partial charge in [0.25, 0.3) is 11.8 Å². The zero-order chi connectivity index (χ0) is 11.0. The minimum absolute atomic E-state index is 0.225. The number of hydrogen-bond donors (Lipinski definition) is 1. The van der Waals surface area contributed by atoms with Crippen LogP contribution in [-0.4, -0.2) is 29.0 Å². The molecule has 2 amide bonds. The summed E-state index contributed by atoms with van der Waals surface area (Å²) in [7, 11) is 0. The Hall–Kier alpha value is -0.810. The van der Waals surface area contributed by atoms with E-state index in [9.17, 15) is 9.59 Å². The molecule has 0 bridgehead atoms. The summed E-state index contributed by atoms with van der Waals surface area (Å²) in [6, 6.07) is 5.10. The number of halogens is 1. The molecule has 0 fully saturated rings. The van der Waals surface area contributed by atoms with Crippen molar-refractivity contribution in [3.8, 4) is 0 Å². The second-order valence-corrected chi connectivity index (χ2v) is 4.54. The lowest BCUT2D eigenvalue weighted by Crippen LogP contribution is -2.31. The third kappa shape index (κ3) is 1.70. The molecule has 5 heteroatoms. The molecule has 0 unspecified atom stereocenters. The highest BCUT2D eigenvalue weighted by Gasteiger charge is 2.34. The second kappa shape index (κ2) is 3.98. The number of carbonyl (C=O) groups excluding carboxylic acids is 2. The van der Waals surface area contributed by atoms with E-state index < -0.39 is 0 Å².